The molecule has 0 spiro atoms. The number of hydrogen-bond acceptors (Lipinski definition) is 6. The molecule has 1 aliphatic carbocycles. The molecular weight excluding hydrogens is 464 g/mol. The zero-order valence-electron chi connectivity index (χ0n) is 19.3. The fourth-order valence-corrected chi connectivity index (χ4v) is 6.04. The number of Topliss-reactive ketones (excluding diaryl/α,β-unsaturated/α-hetero) is 2. The van der Waals surface area contributed by atoms with Crippen molar-refractivity contribution in [3.05, 3.63) is 92.3 Å². The van der Waals surface area contributed by atoms with Crippen LogP contribution in [-0.2, 0) is 9.59 Å². The maximum atomic E-state index is 13.9. The number of aromatic amines is 2. The summed E-state index contributed by atoms with van der Waals surface area (Å²) in [4.78, 5) is 57.0. The Morgan fingerprint density at radius 3 is 1.58 bits per heavy atom. The molecule has 0 aliphatic heterocycles. The average molecular weight is 489 g/mol. The fourth-order valence-electron chi connectivity index (χ4n) is 6.04. The number of nitro groups is 2. The lowest BCUT2D eigenvalue weighted by atomic mass is 9.54. The third kappa shape index (κ3) is 3.65. The molecular formula is C26H24N4O6. The number of rotatable bonds is 8. The van der Waals surface area contributed by atoms with Crippen LogP contribution in [0.2, 0.25) is 0 Å². The van der Waals surface area contributed by atoms with Crippen LogP contribution in [0, 0.1) is 25.6 Å². The Morgan fingerprint density at radius 1 is 0.750 bits per heavy atom. The summed E-state index contributed by atoms with van der Waals surface area (Å²) in [5.74, 6) is -3.34. The summed E-state index contributed by atoms with van der Waals surface area (Å²) < 4.78 is 0. The van der Waals surface area contributed by atoms with Crippen LogP contribution in [-0.4, -0.2) is 44.5 Å². The summed E-state index contributed by atoms with van der Waals surface area (Å²) >= 11 is 0. The van der Waals surface area contributed by atoms with Crippen LogP contribution in [0.1, 0.15) is 42.2 Å². The minimum absolute atomic E-state index is 0.0267. The first-order valence-electron chi connectivity index (χ1n) is 11.8. The van der Waals surface area contributed by atoms with Gasteiger partial charge in [0.05, 0.1) is 11.8 Å². The second-order valence-electron chi connectivity index (χ2n) is 9.28. The van der Waals surface area contributed by atoms with Gasteiger partial charge in [-0.2, -0.15) is 0 Å². The van der Waals surface area contributed by atoms with Gasteiger partial charge in [0, 0.05) is 56.9 Å². The number of fused-ring (bicyclic) bond motifs is 2. The highest BCUT2D eigenvalue weighted by Crippen LogP contribution is 2.54. The number of aromatic nitrogens is 2. The maximum Gasteiger partial charge on any atom is 0.212 e. The molecule has 0 unspecified atom stereocenters. The Kier molecular flexibility index (Phi) is 5.87. The van der Waals surface area contributed by atoms with E-state index in [2.05, 4.69) is 9.97 Å². The van der Waals surface area contributed by atoms with E-state index in [0.717, 1.165) is 0 Å². The number of H-pyrrole nitrogens is 2. The lowest BCUT2D eigenvalue weighted by Crippen LogP contribution is -2.54. The number of para-hydroxylation sites is 2. The van der Waals surface area contributed by atoms with Crippen LogP contribution in [0.25, 0.3) is 21.8 Å². The second-order valence-corrected chi connectivity index (χ2v) is 9.28. The Labute approximate surface area is 205 Å². The molecule has 1 aliphatic rings. The van der Waals surface area contributed by atoms with E-state index in [1.807, 2.05) is 0 Å². The van der Waals surface area contributed by atoms with E-state index in [-0.39, 0.29) is 12.8 Å². The quantitative estimate of drug-likeness (QED) is 0.213. The predicted octanol–water partition coefficient (Wildman–Crippen LogP) is 4.38. The molecule has 2 aromatic heterocycles. The van der Waals surface area contributed by atoms with Crippen molar-refractivity contribution in [3.8, 4) is 0 Å². The van der Waals surface area contributed by atoms with Crippen molar-refractivity contribution in [2.75, 3.05) is 13.1 Å². The molecule has 0 saturated heterocycles. The summed E-state index contributed by atoms with van der Waals surface area (Å²) in [7, 11) is 0. The Hall–Kier alpha value is -4.34. The van der Waals surface area contributed by atoms with Crippen molar-refractivity contribution >= 4 is 33.4 Å². The summed E-state index contributed by atoms with van der Waals surface area (Å²) in [5, 5.41) is 25.3. The molecule has 0 amide bonds. The van der Waals surface area contributed by atoms with Gasteiger partial charge in [-0.05, 0) is 29.7 Å². The highest BCUT2D eigenvalue weighted by Gasteiger charge is 2.61. The van der Waals surface area contributed by atoms with E-state index >= 15 is 0 Å². The van der Waals surface area contributed by atoms with Crippen molar-refractivity contribution in [2.45, 2.75) is 31.1 Å². The molecule has 10 heteroatoms. The van der Waals surface area contributed by atoms with E-state index in [9.17, 15) is 29.8 Å². The van der Waals surface area contributed by atoms with Crippen LogP contribution in [0.4, 0.5) is 0 Å². The summed E-state index contributed by atoms with van der Waals surface area (Å²) in [6, 6.07) is 14.3. The molecule has 5 rings (SSSR count). The van der Waals surface area contributed by atoms with Gasteiger partial charge >= 0.3 is 0 Å². The third-order valence-electron chi connectivity index (χ3n) is 7.49. The number of nitrogens with one attached hydrogen (secondary N) is 2. The third-order valence-corrected chi connectivity index (χ3v) is 7.49. The molecule has 2 N–H and O–H groups in total. The number of ketones is 2. The van der Waals surface area contributed by atoms with Gasteiger partial charge in [-0.3, -0.25) is 29.8 Å². The lowest BCUT2D eigenvalue weighted by Gasteiger charge is -2.43. The zero-order valence-corrected chi connectivity index (χ0v) is 19.3. The van der Waals surface area contributed by atoms with Crippen molar-refractivity contribution in [1.82, 2.24) is 9.97 Å². The molecule has 1 fully saturated rings. The molecule has 10 nitrogen and oxygen atoms in total. The maximum absolute atomic E-state index is 13.9. The summed E-state index contributed by atoms with van der Waals surface area (Å²) in [6.45, 7) is -1.42. The Bertz CT molecular complexity index is 1390. The first-order chi connectivity index (χ1) is 17.3. The van der Waals surface area contributed by atoms with Gasteiger partial charge < -0.3 is 9.97 Å². The van der Waals surface area contributed by atoms with Gasteiger partial charge in [-0.25, -0.2) is 0 Å². The standard InChI is InChI=1S/C26H24N4O6/c31-24-10-5-11-25(32)26(24,20(14-29(33)34)18-12-27-22-8-3-1-6-16(18)22)21(15-30(35)36)19-13-28-23-9-4-2-7-17(19)23/h1-4,6-9,12-13,20-21,27-28H,5,10-11,14-15H2/t20-,21-/m1/s1. The van der Waals surface area contributed by atoms with Gasteiger partial charge in [0.25, 0.3) is 0 Å². The minimum Gasteiger partial charge on any atom is -0.361 e. The monoisotopic (exact) mass is 488 g/mol. The molecule has 2 aromatic carbocycles. The van der Waals surface area contributed by atoms with Crippen LogP contribution >= 0.6 is 0 Å². The lowest BCUT2D eigenvalue weighted by molar-refractivity contribution is -0.492. The topological polar surface area (TPSA) is 152 Å². The van der Waals surface area contributed by atoms with Crippen molar-refractivity contribution < 1.29 is 19.4 Å². The van der Waals surface area contributed by atoms with Crippen molar-refractivity contribution in [1.29, 1.82) is 0 Å². The van der Waals surface area contributed by atoms with E-state index in [4.69, 9.17) is 0 Å². The molecule has 0 radical (unpaired) electrons. The first-order valence-corrected chi connectivity index (χ1v) is 11.8. The van der Waals surface area contributed by atoms with Crippen LogP contribution in [0.15, 0.2) is 60.9 Å². The first kappa shape index (κ1) is 23.4. The minimum atomic E-state index is -1.96. The number of carbonyl (C=O) groups excluding carboxylic acids is 2. The second kappa shape index (κ2) is 9.03. The summed E-state index contributed by atoms with van der Waals surface area (Å²) in [6.07, 6.45) is 3.55. The number of benzene rings is 2. The smallest absolute Gasteiger partial charge is 0.212 e. The normalized spacial score (nSPS) is 17.3. The van der Waals surface area contributed by atoms with Gasteiger partial charge in [-0.1, -0.05) is 36.4 Å². The van der Waals surface area contributed by atoms with Crippen molar-refractivity contribution in [2.24, 2.45) is 5.41 Å². The molecule has 0 bridgehead atoms. The highest BCUT2D eigenvalue weighted by atomic mass is 16.6. The molecule has 184 valence electrons. The van der Waals surface area contributed by atoms with Gasteiger partial charge in [0.1, 0.15) is 17.0 Å². The summed E-state index contributed by atoms with van der Waals surface area (Å²) in [5.41, 5.74) is 0.321. The Balaban J connectivity index is 1.83. The van der Waals surface area contributed by atoms with Gasteiger partial charge in [0.15, 0.2) is 0 Å². The number of nitrogens with zero attached hydrogens (tertiary/aromatic N) is 2. The number of hydrogen-bond donors (Lipinski definition) is 2. The number of carbonyl (C=O) groups is 2. The SMILES string of the molecule is O=C1CCCC(=O)C1([C@H](C[N+](=O)[O-])c1c[nH]c2ccccc12)[C@H](C[N+](=O)[O-])c1c[nH]c2ccccc12. The molecule has 2 atom stereocenters. The largest absolute Gasteiger partial charge is 0.361 e. The van der Waals surface area contributed by atoms with E-state index in [1.165, 1.54) is 0 Å². The molecule has 1 saturated carbocycles. The van der Waals surface area contributed by atoms with Crippen molar-refractivity contribution in [3.63, 3.8) is 0 Å². The fraction of sp³-hybridized carbons (Fsp3) is 0.308. The highest BCUT2D eigenvalue weighted by molar-refractivity contribution is 6.12. The predicted molar refractivity (Wildman–Crippen MR) is 132 cm³/mol. The molecule has 4 aromatic rings. The van der Waals surface area contributed by atoms with E-state index in [1.54, 1.807) is 60.9 Å². The van der Waals surface area contributed by atoms with Crippen LogP contribution in [0.3, 0.4) is 0 Å². The van der Waals surface area contributed by atoms with Crippen LogP contribution in [0.5, 0.6) is 0 Å². The van der Waals surface area contributed by atoms with E-state index < -0.39 is 51.8 Å². The van der Waals surface area contributed by atoms with E-state index in [0.29, 0.717) is 39.4 Å². The zero-order chi connectivity index (χ0) is 25.4. The Morgan fingerprint density at radius 2 is 1.17 bits per heavy atom. The van der Waals surface area contributed by atoms with Gasteiger partial charge in [-0.15, -0.1) is 0 Å². The molecule has 36 heavy (non-hydrogen) atoms. The van der Waals surface area contributed by atoms with Crippen LogP contribution < -0.4 is 0 Å². The molecule has 2 heterocycles. The average Bonchev–Trinajstić information content (AvgIpc) is 3.46. The van der Waals surface area contributed by atoms with Gasteiger partial charge in [0.2, 0.25) is 13.1 Å².